The van der Waals surface area contributed by atoms with E-state index in [0.29, 0.717) is 17.6 Å². The number of rotatable bonds is 7. The van der Waals surface area contributed by atoms with Gasteiger partial charge in [0, 0.05) is 25.7 Å². The van der Waals surface area contributed by atoms with Gasteiger partial charge in [-0.1, -0.05) is 6.92 Å². The number of nitrogens with zero attached hydrogens (tertiary/aromatic N) is 3. The van der Waals surface area contributed by atoms with Crippen molar-refractivity contribution in [2.45, 2.75) is 39.2 Å². The first kappa shape index (κ1) is 14.6. The summed E-state index contributed by atoms with van der Waals surface area (Å²) >= 11 is 0. The fourth-order valence-corrected chi connectivity index (χ4v) is 2.28. The highest BCUT2D eigenvalue weighted by Gasteiger charge is 2.33. The number of aromatic nitrogens is 1. The Kier molecular flexibility index (Phi) is 4.42. The molecule has 0 amide bonds. The average molecular weight is 278 g/mol. The van der Waals surface area contributed by atoms with Crippen molar-refractivity contribution in [1.82, 2.24) is 4.98 Å². The second-order valence-electron chi connectivity index (χ2n) is 5.41. The van der Waals surface area contributed by atoms with Crippen LogP contribution in [0.3, 0.4) is 0 Å². The molecule has 110 valence electrons. The molecule has 0 radical (unpaired) electrons. The zero-order valence-electron chi connectivity index (χ0n) is 12.3. The molecule has 1 fully saturated rings. The summed E-state index contributed by atoms with van der Waals surface area (Å²) in [6.45, 7) is 4.99. The molecule has 20 heavy (non-hydrogen) atoms. The lowest BCUT2D eigenvalue weighted by Crippen LogP contribution is -2.32. The van der Waals surface area contributed by atoms with Crippen molar-refractivity contribution in [3.63, 3.8) is 0 Å². The first-order chi connectivity index (χ1) is 9.54. The average Bonchev–Trinajstić information content (AvgIpc) is 3.27. The molecule has 1 saturated carbocycles. The molecule has 1 unspecified atom stereocenters. The first-order valence-electron chi connectivity index (χ1n) is 7.16. The van der Waals surface area contributed by atoms with Crippen LogP contribution in [0.15, 0.2) is 12.1 Å². The summed E-state index contributed by atoms with van der Waals surface area (Å²) in [5.41, 5.74) is 0.0713. The molecule has 6 heteroatoms. The molecule has 1 N–H and O–H groups in total. The molecule has 0 aliphatic heterocycles. The zero-order chi connectivity index (χ0) is 14.7. The summed E-state index contributed by atoms with van der Waals surface area (Å²) in [5, 5.41) is 14.4. The van der Waals surface area contributed by atoms with E-state index in [0.717, 1.165) is 13.0 Å². The fourth-order valence-electron chi connectivity index (χ4n) is 2.28. The third kappa shape index (κ3) is 3.18. The van der Waals surface area contributed by atoms with Crippen LogP contribution in [-0.2, 0) is 0 Å². The molecule has 1 aromatic heterocycles. The van der Waals surface area contributed by atoms with Crippen molar-refractivity contribution in [2.75, 3.05) is 23.8 Å². The molecule has 6 nitrogen and oxygen atoms in total. The Morgan fingerprint density at radius 3 is 2.80 bits per heavy atom. The Balaban J connectivity index is 2.27. The van der Waals surface area contributed by atoms with Crippen molar-refractivity contribution in [2.24, 2.45) is 5.92 Å². The molecular formula is C14H22N4O2. The van der Waals surface area contributed by atoms with E-state index < -0.39 is 0 Å². The second-order valence-corrected chi connectivity index (χ2v) is 5.41. The molecule has 1 atom stereocenters. The standard InChI is InChI=1S/C14H22N4O2/c1-4-9-15-13-8-7-12(18(19)20)14(16-13)17(3)10(2)11-5-6-11/h7-8,10-11H,4-6,9H2,1-3H3,(H,15,16). The highest BCUT2D eigenvalue weighted by atomic mass is 16.6. The van der Waals surface area contributed by atoms with Crippen LogP contribution < -0.4 is 10.2 Å². The van der Waals surface area contributed by atoms with Crippen LogP contribution in [0.25, 0.3) is 0 Å². The van der Waals surface area contributed by atoms with Crippen LogP contribution in [0.1, 0.15) is 33.1 Å². The molecule has 1 heterocycles. The second kappa shape index (κ2) is 6.07. The van der Waals surface area contributed by atoms with E-state index in [2.05, 4.69) is 24.1 Å². The highest BCUT2D eigenvalue weighted by Crippen LogP contribution is 2.38. The summed E-state index contributed by atoms with van der Waals surface area (Å²) in [6, 6.07) is 3.49. The molecule has 1 aliphatic carbocycles. The van der Waals surface area contributed by atoms with Gasteiger partial charge in [-0.2, -0.15) is 0 Å². The van der Waals surface area contributed by atoms with Crippen molar-refractivity contribution >= 4 is 17.3 Å². The Morgan fingerprint density at radius 1 is 1.55 bits per heavy atom. The summed E-state index contributed by atoms with van der Waals surface area (Å²) in [5.74, 6) is 1.78. The Bertz CT molecular complexity index is 488. The number of pyridine rings is 1. The first-order valence-corrected chi connectivity index (χ1v) is 7.16. The summed E-state index contributed by atoms with van der Waals surface area (Å²) in [6.07, 6.45) is 3.39. The van der Waals surface area contributed by atoms with Gasteiger partial charge in [-0.15, -0.1) is 0 Å². The van der Waals surface area contributed by atoms with Crippen LogP contribution in [0.5, 0.6) is 0 Å². The lowest BCUT2D eigenvalue weighted by molar-refractivity contribution is -0.384. The minimum atomic E-state index is -0.359. The Morgan fingerprint density at radius 2 is 2.25 bits per heavy atom. The Labute approximate surface area is 119 Å². The SMILES string of the molecule is CCCNc1ccc([N+](=O)[O-])c(N(C)C(C)C2CC2)n1. The number of anilines is 2. The van der Waals surface area contributed by atoms with Crippen LogP contribution in [0, 0.1) is 16.0 Å². The van der Waals surface area contributed by atoms with E-state index in [-0.39, 0.29) is 16.7 Å². The predicted molar refractivity (Wildman–Crippen MR) is 80.3 cm³/mol. The number of hydrogen-bond donors (Lipinski definition) is 1. The third-order valence-electron chi connectivity index (χ3n) is 3.86. The van der Waals surface area contributed by atoms with Gasteiger partial charge in [0.05, 0.1) is 4.92 Å². The van der Waals surface area contributed by atoms with Crippen molar-refractivity contribution in [3.8, 4) is 0 Å². The van der Waals surface area contributed by atoms with Crippen molar-refractivity contribution < 1.29 is 4.92 Å². The minimum Gasteiger partial charge on any atom is -0.370 e. The van der Waals surface area contributed by atoms with E-state index in [1.54, 1.807) is 6.07 Å². The molecular weight excluding hydrogens is 256 g/mol. The maximum absolute atomic E-state index is 11.2. The molecule has 0 saturated heterocycles. The van der Waals surface area contributed by atoms with Gasteiger partial charge in [-0.3, -0.25) is 10.1 Å². The van der Waals surface area contributed by atoms with Gasteiger partial charge in [0.1, 0.15) is 5.82 Å². The molecule has 1 aromatic rings. The normalized spacial score (nSPS) is 15.8. The van der Waals surface area contributed by atoms with Crippen molar-refractivity contribution in [1.29, 1.82) is 0 Å². The zero-order valence-corrected chi connectivity index (χ0v) is 12.3. The topological polar surface area (TPSA) is 71.3 Å². The van der Waals surface area contributed by atoms with Gasteiger partial charge in [-0.05, 0) is 38.2 Å². The smallest absolute Gasteiger partial charge is 0.311 e. The molecule has 2 rings (SSSR count). The highest BCUT2D eigenvalue weighted by molar-refractivity contribution is 5.62. The largest absolute Gasteiger partial charge is 0.370 e. The van der Waals surface area contributed by atoms with E-state index >= 15 is 0 Å². The number of hydrogen-bond acceptors (Lipinski definition) is 5. The number of nitrogens with one attached hydrogen (secondary N) is 1. The van der Waals surface area contributed by atoms with E-state index in [1.165, 1.54) is 18.9 Å². The monoisotopic (exact) mass is 278 g/mol. The predicted octanol–water partition coefficient (Wildman–Crippen LogP) is 3.05. The van der Waals surface area contributed by atoms with E-state index in [9.17, 15) is 10.1 Å². The summed E-state index contributed by atoms with van der Waals surface area (Å²) < 4.78 is 0. The Hall–Kier alpha value is -1.85. The van der Waals surface area contributed by atoms with Gasteiger partial charge >= 0.3 is 5.69 Å². The van der Waals surface area contributed by atoms with E-state index in [1.807, 2.05) is 11.9 Å². The summed E-state index contributed by atoms with van der Waals surface area (Å²) in [4.78, 5) is 17.2. The van der Waals surface area contributed by atoms with Crippen LogP contribution >= 0.6 is 0 Å². The van der Waals surface area contributed by atoms with Crippen molar-refractivity contribution in [3.05, 3.63) is 22.2 Å². The maximum atomic E-state index is 11.2. The maximum Gasteiger partial charge on any atom is 0.311 e. The quantitative estimate of drug-likeness (QED) is 0.613. The van der Waals surface area contributed by atoms with E-state index in [4.69, 9.17) is 0 Å². The van der Waals surface area contributed by atoms with Crippen LogP contribution in [0.4, 0.5) is 17.3 Å². The lowest BCUT2D eigenvalue weighted by atomic mass is 10.2. The molecule has 1 aliphatic rings. The lowest BCUT2D eigenvalue weighted by Gasteiger charge is -2.26. The fraction of sp³-hybridized carbons (Fsp3) is 0.643. The molecule has 0 bridgehead atoms. The van der Waals surface area contributed by atoms with Gasteiger partial charge in [-0.25, -0.2) is 4.98 Å². The van der Waals surface area contributed by atoms with Gasteiger partial charge < -0.3 is 10.2 Å². The molecule has 0 spiro atoms. The van der Waals surface area contributed by atoms with Gasteiger partial charge in [0.25, 0.3) is 0 Å². The summed E-state index contributed by atoms with van der Waals surface area (Å²) in [7, 11) is 1.89. The number of nitro groups is 1. The minimum absolute atomic E-state index is 0.0713. The van der Waals surface area contributed by atoms with Gasteiger partial charge in [0.15, 0.2) is 0 Å². The van der Waals surface area contributed by atoms with Gasteiger partial charge in [0.2, 0.25) is 5.82 Å². The van der Waals surface area contributed by atoms with Crippen LogP contribution in [-0.4, -0.2) is 29.5 Å². The molecule has 0 aromatic carbocycles. The third-order valence-corrected chi connectivity index (χ3v) is 3.86. The van der Waals surface area contributed by atoms with Crippen LogP contribution in [0.2, 0.25) is 0 Å².